The molecule has 190 valence electrons. The average molecular weight is 494 g/mol. The lowest BCUT2D eigenvalue weighted by molar-refractivity contribution is 0.0696. The van der Waals surface area contributed by atoms with Crippen LogP contribution in [0, 0.1) is 13.8 Å². The van der Waals surface area contributed by atoms with Gasteiger partial charge >= 0.3 is 5.97 Å². The molecule has 0 amide bonds. The first-order valence-electron chi connectivity index (χ1n) is 13.2. The molecule has 1 heterocycles. The van der Waals surface area contributed by atoms with Crippen molar-refractivity contribution >= 4 is 16.7 Å². The van der Waals surface area contributed by atoms with Gasteiger partial charge in [0.15, 0.2) is 0 Å². The van der Waals surface area contributed by atoms with E-state index in [-0.39, 0.29) is 18.1 Å². The van der Waals surface area contributed by atoms with E-state index < -0.39 is 5.97 Å². The van der Waals surface area contributed by atoms with Gasteiger partial charge in [0.25, 0.3) is 0 Å². The van der Waals surface area contributed by atoms with Crippen molar-refractivity contribution in [1.29, 1.82) is 0 Å². The zero-order valence-electron chi connectivity index (χ0n) is 21.8. The number of aromatic carboxylic acids is 1. The Morgan fingerprint density at radius 2 is 1.78 bits per heavy atom. The Morgan fingerprint density at radius 3 is 2.62 bits per heavy atom. The number of ether oxygens (including phenoxy) is 1. The van der Waals surface area contributed by atoms with E-state index in [0.29, 0.717) is 5.56 Å². The number of rotatable bonds is 8. The Labute approximate surface area is 219 Å². The number of para-hydroxylation sites is 1. The van der Waals surface area contributed by atoms with Crippen LogP contribution in [0.15, 0.2) is 78.9 Å². The summed E-state index contributed by atoms with van der Waals surface area (Å²) in [5, 5.41) is 16.0. The van der Waals surface area contributed by atoms with Crippen LogP contribution in [0.3, 0.4) is 0 Å². The smallest absolute Gasteiger partial charge is 0.335 e. The predicted molar refractivity (Wildman–Crippen MR) is 150 cm³/mol. The summed E-state index contributed by atoms with van der Waals surface area (Å²) in [4.78, 5) is 11.9. The molecule has 1 aliphatic rings. The Balaban J connectivity index is 1.27. The highest BCUT2D eigenvalue weighted by Gasteiger charge is 2.30. The molecule has 0 fully saturated rings. The molecule has 0 aliphatic carbocycles. The summed E-state index contributed by atoms with van der Waals surface area (Å²) in [5.41, 5.74) is 5.76. The van der Waals surface area contributed by atoms with Crippen LogP contribution in [0.25, 0.3) is 10.8 Å². The number of benzene rings is 4. The fourth-order valence-electron chi connectivity index (χ4n) is 5.68. The predicted octanol–water partition coefficient (Wildman–Crippen LogP) is 7.57. The summed E-state index contributed by atoms with van der Waals surface area (Å²) < 4.78 is 6.42. The topological polar surface area (TPSA) is 58.6 Å². The zero-order valence-corrected chi connectivity index (χ0v) is 21.8. The van der Waals surface area contributed by atoms with E-state index >= 15 is 0 Å². The van der Waals surface area contributed by atoms with Gasteiger partial charge in [-0.2, -0.15) is 0 Å². The molecule has 1 aliphatic heterocycles. The van der Waals surface area contributed by atoms with Crippen molar-refractivity contribution in [2.75, 3.05) is 6.54 Å². The van der Waals surface area contributed by atoms with Gasteiger partial charge in [0, 0.05) is 17.5 Å². The van der Waals surface area contributed by atoms with E-state index in [1.165, 1.54) is 16.3 Å². The molecule has 0 saturated carbocycles. The fraction of sp³-hybridized carbons (Fsp3) is 0.303. The molecule has 37 heavy (non-hydrogen) atoms. The van der Waals surface area contributed by atoms with E-state index in [9.17, 15) is 9.90 Å². The molecule has 4 aromatic carbocycles. The van der Waals surface area contributed by atoms with Crippen LogP contribution < -0.4 is 10.1 Å². The largest absolute Gasteiger partial charge is 0.490 e. The number of carboxylic acids is 1. The van der Waals surface area contributed by atoms with Crippen LogP contribution >= 0.6 is 0 Å². The van der Waals surface area contributed by atoms with Gasteiger partial charge in [-0.15, -0.1) is 0 Å². The second-order valence-corrected chi connectivity index (χ2v) is 10.3. The van der Waals surface area contributed by atoms with Crippen molar-refractivity contribution in [1.82, 2.24) is 5.32 Å². The SMILES string of the molecule is Cc1cc([C@H]2C[C@@H](CCCN[C@H](C)c3cccc4ccccc34)Oc3ccccc32)cc(C(=O)O)c1C. The Morgan fingerprint density at radius 1 is 1.03 bits per heavy atom. The normalized spacial score (nSPS) is 17.7. The molecule has 0 spiro atoms. The van der Waals surface area contributed by atoms with Crippen molar-refractivity contribution in [3.05, 3.63) is 112 Å². The molecular formula is C33H35NO3. The lowest BCUT2D eigenvalue weighted by atomic mass is 9.81. The van der Waals surface area contributed by atoms with Gasteiger partial charge in [-0.25, -0.2) is 4.79 Å². The molecule has 4 aromatic rings. The monoisotopic (exact) mass is 493 g/mol. The van der Waals surface area contributed by atoms with E-state index in [0.717, 1.165) is 53.8 Å². The summed E-state index contributed by atoms with van der Waals surface area (Å²) in [6.45, 7) is 7.01. The van der Waals surface area contributed by atoms with Gasteiger partial charge in [0.1, 0.15) is 5.75 Å². The first-order chi connectivity index (χ1) is 17.9. The minimum atomic E-state index is -0.870. The highest BCUT2D eigenvalue weighted by molar-refractivity contribution is 5.90. The van der Waals surface area contributed by atoms with Crippen molar-refractivity contribution in [2.45, 2.75) is 58.1 Å². The minimum absolute atomic E-state index is 0.0875. The summed E-state index contributed by atoms with van der Waals surface area (Å²) in [6, 6.07) is 27.5. The number of hydrogen-bond acceptors (Lipinski definition) is 3. The summed E-state index contributed by atoms with van der Waals surface area (Å²) in [5.74, 6) is 0.164. The molecule has 4 heteroatoms. The van der Waals surface area contributed by atoms with Crippen molar-refractivity contribution in [2.24, 2.45) is 0 Å². The molecule has 0 bridgehead atoms. The number of nitrogens with one attached hydrogen (secondary N) is 1. The fourth-order valence-corrected chi connectivity index (χ4v) is 5.68. The Bertz CT molecular complexity index is 1420. The van der Waals surface area contributed by atoms with Gasteiger partial charge in [-0.05, 0) is 91.7 Å². The van der Waals surface area contributed by atoms with Crippen LogP contribution in [0.1, 0.15) is 76.3 Å². The number of carbonyl (C=O) groups is 1. The van der Waals surface area contributed by atoms with Gasteiger partial charge < -0.3 is 15.2 Å². The van der Waals surface area contributed by atoms with Crippen LogP contribution in [0.2, 0.25) is 0 Å². The van der Waals surface area contributed by atoms with Gasteiger partial charge in [0.2, 0.25) is 0 Å². The number of aryl methyl sites for hydroxylation is 1. The molecule has 0 aromatic heterocycles. The molecule has 0 unspecified atom stereocenters. The van der Waals surface area contributed by atoms with Gasteiger partial charge in [-0.1, -0.05) is 66.7 Å². The molecule has 3 atom stereocenters. The maximum absolute atomic E-state index is 11.9. The summed E-state index contributed by atoms with van der Waals surface area (Å²) in [7, 11) is 0. The van der Waals surface area contributed by atoms with Crippen molar-refractivity contribution in [3.63, 3.8) is 0 Å². The summed E-state index contributed by atoms with van der Waals surface area (Å²) >= 11 is 0. The lowest BCUT2D eigenvalue weighted by Crippen LogP contribution is -2.28. The molecular weight excluding hydrogens is 458 g/mol. The van der Waals surface area contributed by atoms with Crippen molar-refractivity contribution in [3.8, 4) is 5.75 Å². The summed E-state index contributed by atoms with van der Waals surface area (Å²) in [6.07, 6.45) is 2.88. The van der Waals surface area contributed by atoms with E-state index in [1.807, 2.05) is 38.1 Å². The second kappa shape index (κ2) is 10.8. The molecule has 5 rings (SSSR count). The highest BCUT2D eigenvalue weighted by atomic mass is 16.5. The molecule has 0 saturated heterocycles. The van der Waals surface area contributed by atoms with Crippen molar-refractivity contribution < 1.29 is 14.6 Å². The molecule has 2 N–H and O–H groups in total. The van der Waals surface area contributed by atoms with E-state index in [1.54, 1.807) is 0 Å². The third-order valence-corrected chi connectivity index (χ3v) is 7.85. The van der Waals surface area contributed by atoms with Gasteiger partial charge in [0.05, 0.1) is 11.7 Å². The Kier molecular flexibility index (Phi) is 7.29. The second-order valence-electron chi connectivity index (χ2n) is 10.3. The van der Waals surface area contributed by atoms with Crippen LogP contribution in [-0.4, -0.2) is 23.7 Å². The van der Waals surface area contributed by atoms with Crippen LogP contribution in [0.4, 0.5) is 0 Å². The van der Waals surface area contributed by atoms with Gasteiger partial charge in [-0.3, -0.25) is 0 Å². The molecule has 0 radical (unpaired) electrons. The standard InChI is InChI=1S/C33H35NO3/c1-21-18-25(19-30(22(21)2)33(35)36)31-20-26(37-32-16-7-6-14-29(31)32)12-9-17-34-23(3)27-15-8-11-24-10-4-5-13-28(24)27/h4-8,10-11,13-16,18-19,23,26,31,34H,9,12,17,20H2,1-3H3,(H,35,36)/t23-,26-,31-/m1/s1. The minimum Gasteiger partial charge on any atom is -0.490 e. The average Bonchev–Trinajstić information content (AvgIpc) is 2.91. The van der Waals surface area contributed by atoms with Crippen LogP contribution in [-0.2, 0) is 0 Å². The Hall–Kier alpha value is -3.63. The number of fused-ring (bicyclic) bond motifs is 2. The number of hydrogen-bond donors (Lipinski definition) is 2. The third kappa shape index (κ3) is 5.26. The van der Waals surface area contributed by atoms with Crippen LogP contribution in [0.5, 0.6) is 5.75 Å². The van der Waals surface area contributed by atoms with E-state index in [4.69, 9.17) is 4.74 Å². The number of carboxylic acid groups (broad SMARTS) is 1. The maximum Gasteiger partial charge on any atom is 0.335 e. The first-order valence-corrected chi connectivity index (χ1v) is 13.2. The van der Waals surface area contributed by atoms with E-state index in [2.05, 4.69) is 66.8 Å². The molecule has 4 nitrogen and oxygen atoms in total. The lowest BCUT2D eigenvalue weighted by Gasteiger charge is -2.33. The zero-order chi connectivity index (χ0) is 25.9. The highest BCUT2D eigenvalue weighted by Crippen LogP contribution is 2.42. The quantitative estimate of drug-likeness (QED) is 0.249. The third-order valence-electron chi connectivity index (χ3n) is 7.85. The first kappa shape index (κ1) is 25.0. The maximum atomic E-state index is 11.9.